The molecule has 0 bridgehead atoms. The molecule has 1 amide bonds. The van der Waals surface area contributed by atoms with Crippen LogP contribution in [0.25, 0.3) is 0 Å². The zero-order chi connectivity index (χ0) is 16.2. The molecule has 1 aliphatic heterocycles. The van der Waals surface area contributed by atoms with Gasteiger partial charge in [-0.3, -0.25) is 0 Å². The van der Waals surface area contributed by atoms with Crippen molar-refractivity contribution in [3.05, 3.63) is 17.5 Å². The van der Waals surface area contributed by atoms with Gasteiger partial charge in [0, 0.05) is 24.5 Å². The van der Waals surface area contributed by atoms with Crippen molar-refractivity contribution in [2.24, 2.45) is 0 Å². The summed E-state index contributed by atoms with van der Waals surface area (Å²) < 4.78 is 5.51. The van der Waals surface area contributed by atoms with E-state index < -0.39 is 5.60 Å². The number of hydrogen-bond acceptors (Lipinski definition) is 5. The van der Waals surface area contributed by atoms with Crippen molar-refractivity contribution in [1.82, 2.24) is 14.9 Å². The van der Waals surface area contributed by atoms with Gasteiger partial charge in [0.15, 0.2) is 0 Å². The number of aromatic nitrogens is 2. The number of rotatable bonds is 3. The summed E-state index contributed by atoms with van der Waals surface area (Å²) in [5.41, 5.74) is -0.466. The lowest BCUT2D eigenvalue weighted by Gasteiger charge is -2.36. The Morgan fingerprint density at radius 2 is 2.27 bits per heavy atom. The minimum atomic E-state index is -0.466. The van der Waals surface area contributed by atoms with Crippen LogP contribution in [0.4, 0.5) is 4.79 Å². The summed E-state index contributed by atoms with van der Waals surface area (Å²) in [4.78, 5) is 22.2. The van der Waals surface area contributed by atoms with Gasteiger partial charge in [0.1, 0.15) is 10.6 Å². The van der Waals surface area contributed by atoms with E-state index in [9.17, 15) is 4.79 Å². The predicted molar refractivity (Wildman–Crippen MR) is 88.3 cm³/mol. The van der Waals surface area contributed by atoms with Crippen LogP contribution in [0.3, 0.4) is 0 Å². The Balaban J connectivity index is 1.96. The summed E-state index contributed by atoms with van der Waals surface area (Å²) in [6, 6.07) is 2.00. The molecule has 0 saturated carbocycles. The van der Waals surface area contributed by atoms with E-state index in [1.807, 2.05) is 31.7 Å². The van der Waals surface area contributed by atoms with Gasteiger partial charge in [-0.1, -0.05) is 0 Å². The maximum atomic E-state index is 12.3. The largest absolute Gasteiger partial charge is 0.444 e. The summed E-state index contributed by atoms with van der Waals surface area (Å²) in [6.45, 7) is 6.43. The Hall–Kier alpha value is -1.01. The molecule has 1 fully saturated rings. The number of hydrogen-bond donors (Lipinski definition) is 0. The van der Waals surface area contributed by atoms with Gasteiger partial charge in [-0.25, -0.2) is 14.8 Å². The minimum Gasteiger partial charge on any atom is -0.444 e. The smallest absolute Gasteiger partial charge is 0.410 e. The highest BCUT2D eigenvalue weighted by Gasteiger charge is 2.30. The first-order valence-corrected chi connectivity index (χ1v) is 8.82. The Morgan fingerprint density at radius 1 is 1.50 bits per heavy atom. The molecule has 0 aromatic carbocycles. The highest BCUT2D eigenvalue weighted by atomic mass is 35.5. The minimum absolute atomic E-state index is 0.169. The first kappa shape index (κ1) is 17.3. The summed E-state index contributed by atoms with van der Waals surface area (Å²) in [5.74, 6) is 0.784. The Labute approximate surface area is 140 Å². The van der Waals surface area contributed by atoms with E-state index in [0.717, 1.165) is 36.6 Å². The van der Waals surface area contributed by atoms with E-state index in [-0.39, 0.29) is 17.4 Å². The van der Waals surface area contributed by atoms with Crippen LogP contribution in [-0.2, 0) is 4.74 Å². The lowest BCUT2D eigenvalue weighted by molar-refractivity contribution is 0.0126. The lowest BCUT2D eigenvalue weighted by atomic mass is 10.0. The van der Waals surface area contributed by atoms with Gasteiger partial charge in [-0.05, 0) is 57.7 Å². The van der Waals surface area contributed by atoms with Crippen LogP contribution in [0.1, 0.15) is 40.0 Å². The van der Waals surface area contributed by atoms with E-state index in [4.69, 9.17) is 16.3 Å². The zero-order valence-electron chi connectivity index (χ0n) is 13.2. The van der Waals surface area contributed by atoms with E-state index in [0.29, 0.717) is 0 Å². The summed E-state index contributed by atoms with van der Waals surface area (Å²) in [6.07, 6.45) is 4.57. The standard InChI is InChI=1S/C15H22ClN3O2S/c1-15(2,3)21-14(20)19-9-5-4-6-11(19)10-22-12-7-8-17-13(16)18-12/h7-8,11H,4-6,9-10H2,1-3H3/t11-/m1/s1. The highest BCUT2D eigenvalue weighted by molar-refractivity contribution is 7.99. The topological polar surface area (TPSA) is 55.3 Å². The molecule has 1 atom stereocenters. The number of ether oxygens (including phenoxy) is 1. The average molecular weight is 344 g/mol. The van der Waals surface area contributed by atoms with Crippen molar-refractivity contribution in [2.75, 3.05) is 12.3 Å². The normalized spacial score (nSPS) is 19.1. The number of carbonyl (C=O) groups excluding carboxylic acids is 1. The van der Waals surface area contributed by atoms with Crippen molar-refractivity contribution in [2.45, 2.75) is 56.7 Å². The lowest BCUT2D eigenvalue weighted by Crippen LogP contribution is -2.47. The molecule has 1 aliphatic rings. The quantitative estimate of drug-likeness (QED) is 0.471. The van der Waals surface area contributed by atoms with Gasteiger partial charge in [0.25, 0.3) is 0 Å². The molecule has 0 unspecified atom stereocenters. The zero-order valence-corrected chi connectivity index (χ0v) is 14.8. The van der Waals surface area contributed by atoms with Crippen LogP contribution in [0.5, 0.6) is 0 Å². The maximum absolute atomic E-state index is 12.3. The molecule has 2 heterocycles. The van der Waals surface area contributed by atoms with Crippen LogP contribution in [0.2, 0.25) is 5.28 Å². The Bertz CT molecular complexity index is 522. The fraction of sp³-hybridized carbons (Fsp3) is 0.667. The molecule has 7 heteroatoms. The van der Waals surface area contributed by atoms with Crippen molar-refractivity contribution >= 4 is 29.5 Å². The second-order valence-electron chi connectivity index (χ2n) is 6.30. The number of thioether (sulfide) groups is 1. The van der Waals surface area contributed by atoms with Gasteiger partial charge >= 0.3 is 6.09 Å². The fourth-order valence-electron chi connectivity index (χ4n) is 2.32. The van der Waals surface area contributed by atoms with Gasteiger partial charge in [0.2, 0.25) is 5.28 Å². The van der Waals surface area contributed by atoms with Gasteiger partial charge < -0.3 is 9.64 Å². The number of nitrogens with zero attached hydrogens (tertiary/aromatic N) is 3. The Kier molecular flexibility index (Phi) is 5.92. The number of amides is 1. The number of carbonyl (C=O) groups is 1. The molecule has 0 radical (unpaired) electrons. The third-order valence-electron chi connectivity index (χ3n) is 3.28. The molecule has 1 aromatic heterocycles. The molecule has 2 rings (SSSR count). The molecule has 1 saturated heterocycles. The van der Waals surface area contributed by atoms with Crippen molar-refractivity contribution in [1.29, 1.82) is 0 Å². The SMILES string of the molecule is CC(C)(C)OC(=O)N1CCCC[C@@H]1CSc1ccnc(Cl)n1. The Morgan fingerprint density at radius 3 is 2.95 bits per heavy atom. The second kappa shape index (κ2) is 7.51. The fourth-order valence-corrected chi connectivity index (χ4v) is 3.53. The van der Waals surface area contributed by atoms with Crippen molar-refractivity contribution in [3.63, 3.8) is 0 Å². The third-order valence-corrected chi connectivity index (χ3v) is 4.54. The monoisotopic (exact) mass is 343 g/mol. The predicted octanol–water partition coefficient (Wildman–Crippen LogP) is 4.01. The molecule has 0 aliphatic carbocycles. The third kappa shape index (κ3) is 5.32. The van der Waals surface area contributed by atoms with Crippen LogP contribution < -0.4 is 0 Å². The van der Waals surface area contributed by atoms with Crippen LogP contribution in [0.15, 0.2) is 17.3 Å². The van der Waals surface area contributed by atoms with Crippen LogP contribution in [0, 0.1) is 0 Å². The number of likely N-dealkylation sites (tertiary alicyclic amines) is 1. The van der Waals surface area contributed by atoms with Crippen LogP contribution >= 0.6 is 23.4 Å². The van der Waals surface area contributed by atoms with Gasteiger partial charge in [0.05, 0.1) is 0 Å². The second-order valence-corrected chi connectivity index (χ2v) is 7.68. The maximum Gasteiger partial charge on any atom is 0.410 e. The summed E-state index contributed by atoms with van der Waals surface area (Å²) in [5, 5.41) is 1.08. The summed E-state index contributed by atoms with van der Waals surface area (Å²) in [7, 11) is 0. The summed E-state index contributed by atoms with van der Waals surface area (Å²) >= 11 is 7.39. The molecule has 22 heavy (non-hydrogen) atoms. The highest BCUT2D eigenvalue weighted by Crippen LogP contribution is 2.26. The number of piperidine rings is 1. The molecule has 0 spiro atoms. The average Bonchev–Trinajstić information content (AvgIpc) is 2.44. The van der Waals surface area contributed by atoms with Crippen LogP contribution in [-0.4, -0.2) is 44.9 Å². The van der Waals surface area contributed by atoms with Gasteiger partial charge in [-0.15, -0.1) is 11.8 Å². The van der Waals surface area contributed by atoms with E-state index >= 15 is 0 Å². The molecular formula is C15H22ClN3O2S. The molecule has 1 aromatic rings. The molecule has 0 N–H and O–H groups in total. The van der Waals surface area contributed by atoms with E-state index in [1.54, 1.807) is 18.0 Å². The van der Waals surface area contributed by atoms with Crippen molar-refractivity contribution in [3.8, 4) is 0 Å². The molecule has 122 valence electrons. The first-order chi connectivity index (χ1) is 10.3. The molecular weight excluding hydrogens is 322 g/mol. The number of halogens is 1. The van der Waals surface area contributed by atoms with E-state index in [1.165, 1.54) is 0 Å². The first-order valence-electron chi connectivity index (χ1n) is 7.46. The van der Waals surface area contributed by atoms with Crippen molar-refractivity contribution < 1.29 is 9.53 Å². The van der Waals surface area contributed by atoms with E-state index in [2.05, 4.69) is 9.97 Å². The van der Waals surface area contributed by atoms with Gasteiger partial charge in [-0.2, -0.15) is 0 Å². The molecule has 5 nitrogen and oxygen atoms in total.